The summed E-state index contributed by atoms with van der Waals surface area (Å²) in [6.07, 6.45) is 3.51. The van der Waals surface area contributed by atoms with Crippen LogP contribution in [0.2, 0.25) is 5.15 Å². The molecule has 3 rings (SSSR count). The van der Waals surface area contributed by atoms with E-state index in [0.717, 1.165) is 27.8 Å². The first-order chi connectivity index (χ1) is 10.2. The largest absolute Gasteiger partial charge is 0.465 e. The van der Waals surface area contributed by atoms with Crippen molar-refractivity contribution in [3.8, 4) is 0 Å². The molecule has 0 aliphatic rings. The number of aromatic nitrogens is 2. The van der Waals surface area contributed by atoms with Crippen molar-refractivity contribution in [2.45, 2.75) is 0 Å². The Morgan fingerprint density at radius 2 is 2.24 bits per heavy atom. The summed E-state index contributed by atoms with van der Waals surface area (Å²) in [6.45, 7) is 0. The highest BCUT2D eigenvalue weighted by molar-refractivity contribution is 7.18. The molecule has 2 aromatic heterocycles. The van der Waals surface area contributed by atoms with Gasteiger partial charge in [-0.1, -0.05) is 35.1 Å². The van der Waals surface area contributed by atoms with Crippen molar-refractivity contribution in [3.05, 3.63) is 46.7 Å². The van der Waals surface area contributed by atoms with Gasteiger partial charge in [0.2, 0.25) is 0 Å². The van der Waals surface area contributed by atoms with E-state index in [4.69, 9.17) is 11.6 Å². The first-order valence-electron chi connectivity index (χ1n) is 6.03. The van der Waals surface area contributed by atoms with Gasteiger partial charge in [-0.2, -0.15) is 0 Å². The zero-order chi connectivity index (χ0) is 14.8. The van der Waals surface area contributed by atoms with E-state index in [-0.39, 0.29) is 10.0 Å². The van der Waals surface area contributed by atoms with Gasteiger partial charge in [-0.15, -0.1) is 0 Å². The van der Waals surface area contributed by atoms with Crippen LogP contribution in [-0.2, 0) is 4.74 Å². The molecule has 0 saturated carbocycles. The number of hydrogen-bond donors (Lipinski definition) is 1. The van der Waals surface area contributed by atoms with Crippen LogP contribution in [0.15, 0.2) is 36.7 Å². The number of nitrogens with zero attached hydrogens (tertiary/aromatic N) is 2. The van der Waals surface area contributed by atoms with Gasteiger partial charge in [0.25, 0.3) is 0 Å². The highest BCUT2D eigenvalue weighted by atomic mass is 35.5. The normalized spacial score (nSPS) is 10.6. The third-order valence-corrected chi connectivity index (χ3v) is 4.22. The predicted molar refractivity (Wildman–Crippen MR) is 83.5 cm³/mol. The molecule has 2 heterocycles. The van der Waals surface area contributed by atoms with E-state index in [1.807, 2.05) is 24.3 Å². The smallest absolute Gasteiger partial charge is 0.351 e. The first-order valence-corrected chi connectivity index (χ1v) is 7.23. The molecule has 0 atom stereocenters. The van der Waals surface area contributed by atoms with Crippen LogP contribution in [0.25, 0.3) is 10.8 Å². The van der Waals surface area contributed by atoms with E-state index in [2.05, 4.69) is 20.0 Å². The van der Waals surface area contributed by atoms with E-state index < -0.39 is 5.97 Å². The minimum Gasteiger partial charge on any atom is -0.465 e. The number of rotatable bonds is 3. The number of carbonyl (C=O) groups excluding carboxylic acids is 1. The van der Waals surface area contributed by atoms with Gasteiger partial charge in [0, 0.05) is 23.5 Å². The molecular weight excluding hydrogens is 310 g/mol. The Bertz CT molecular complexity index is 814. The molecule has 5 nitrogen and oxygen atoms in total. The molecule has 0 unspecified atom stereocenters. The second kappa shape index (κ2) is 5.67. The molecule has 3 aromatic rings. The van der Waals surface area contributed by atoms with Crippen molar-refractivity contribution < 1.29 is 9.53 Å². The molecule has 0 fully saturated rings. The summed E-state index contributed by atoms with van der Waals surface area (Å²) in [5.74, 6) is -0.495. The SMILES string of the molecule is COC(=O)c1sc(Nc2cccc3ccncc23)nc1Cl. The second-order valence-corrected chi connectivity index (χ2v) is 5.52. The topological polar surface area (TPSA) is 64.1 Å². The molecule has 0 aliphatic heterocycles. The highest BCUT2D eigenvalue weighted by Gasteiger charge is 2.17. The lowest BCUT2D eigenvalue weighted by Gasteiger charge is -2.06. The summed E-state index contributed by atoms with van der Waals surface area (Å²) in [5.41, 5.74) is 0.849. The Morgan fingerprint density at radius 3 is 3.05 bits per heavy atom. The van der Waals surface area contributed by atoms with E-state index in [0.29, 0.717) is 5.13 Å². The van der Waals surface area contributed by atoms with Gasteiger partial charge in [-0.05, 0) is 17.5 Å². The lowest BCUT2D eigenvalue weighted by molar-refractivity contribution is 0.0606. The number of halogens is 1. The maximum atomic E-state index is 11.5. The first kappa shape index (κ1) is 13.8. The molecule has 0 amide bonds. The summed E-state index contributed by atoms with van der Waals surface area (Å²) in [5, 5.41) is 5.84. The molecular formula is C14H10ClN3O2S. The molecule has 21 heavy (non-hydrogen) atoms. The summed E-state index contributed by atoms with van der Waals surface area (Å²) in [4.78, 5) is 20.1. The number of carbonyl (C=O) groups is 1. The number of pyridine rings is 1. The van der Waals surface area contributed by atoms with Crippen LogP contribution in [0.3, 0.4) is 0 Å². The lowest BCUT2D eigenvalue weighted by Crippen LogP contribution is -1.98. The maximum absolute atomic E-state index is 11.5. The predicted octanol–water partition coefficient (Wildman–Crippen LogP) is 3.87. The number of methoxy groups -OCH3 is 1. The Morgan fingerprint density at radius 1 is 1.38 bits per heavy atom. The van der Waals surface area contributed by atoms with Crippen molar-refractivity contribution in [1.82, 2.24) is 9.97 Å². The minimum atomic E-state index is -0.495. The quantitative estimate of drug-likeness (QED) is 0.742. The Labute approximate surface area is 129 Å². The Kier molecular flexibility index (Phi) is 3.72. The van der Waals surface area contributed by atoms with Gasteiger partial charge in [0.15, 0.2) is 15.2 Å². The van der Waals surface area contributed by atoms with Crippen molar-refractivity contribution in [1.29, 1.82) is 0 Å². The van der Waals surface area contributed by atoms with E-state index in [1.165, 1.54) is 7.11 Å². The molecule has 0 aliphatic carbocycles. The Balaban J connectivity index is 1.98. The molecule has 0 spiro atoms. The van der Waals surface area contributed by atoms with Crippen molar-refractivity contribution in [2.75, 3.05) is 12.4 Å². The molecule has 0 radical (unpaired) electrons. The lowest BCUT2D eigenvalue weighted by atomic mass is 10.1. The molecule has 0 saturated heterocycles. The summed E-state index contributed by atoms with van der Waals surface area (Å²) in [7, 11) is 1.31. The number of anilines is 2. The van der Waals surface area contributed by atoms with Crippen LogP contribution in [-0.4, -0.2) is 23.0 Å². The molecule has 106 valence electrons. The standard InChI is InChI=1S/C14H10ClN3O2S/c1-20-13(19)11-12(15)18-14(21-11)17-10-4-2-3-8-5-6-16-7-9(8)10/h2-7H,1H3,(H,17,18). The van der Waals surface area contributed by atoms with Gasteiger partial charge in [0.05, 0.1) is 7.11 Å². The van der Waals surface area contributed by atoms with Crippen LogP contribution in [0, 0.1) is 0 Å². The number of fused-ring (bicyclic) bond motifs is 1. The monoisotopic (exact) mass is 319 g/mol. The van der Waals surface area contributed by atoms with Crippen LogP contribution in [0.4, 0.5) is 10.8 Å². The van der Waals surface area contributed by atoms with Gasteiger partial charge in [-0.25, -0.2) is 9.78 Å². The van der Waals surface area contributed by atoms with Gasteiger partial charge >= 0.3 is 5.97 Å². The van der Waals surface area contributed by atoms with Gasteiger partial charge in [-0.3, -0.25) is 4.98 Å². The van der Waals surface area contributed by atoms with Crippen molar-refractivity contribution in [3.63, 3.8) is 0 Å². The fourth-order valence-electron chi connectivity index (χ4n) is 1.91. The second-order valence-electron chi connectivity index (χ2n) is 4.16. The number of ether oxygens (including phenoxy) is 1. The van der Waals surface area contributed by atoms with Crippen molar-refractivity contribution >= 4 is 50.5 Å². The van der Waals surface area contributed by atoms with E-state index >= 15 is 0 Å². The van der Waals surface area contributed by atoms with Crippen LogP contribution in [0.1, 0.15) is 9.67 Å². The summed E-state index contributed by atoms with van der Waals surface area (Å²) >= 11 is 7.10. The Hall–Kier alpha value is -2.18. The maximum Gasteiger partial charge on any atom is 0.351 e. The molecule has 1 aromatic carbocycles. The van der Waals surface area contributed by atoms with E-state index in [9.17, 15) is 4.79 Å². The van der Waals surface area contributed by atoms with Crippen LogP contribution in [0.5, 0.6) is 0 Å². The van der Waals surface area contributed by atoms with Crippen LogP contribution >= 0.6 is 22.9 Å². The van der Waals surface area contributed by atoms with Crippen molar-refractivity contribution in [2.24, 2.45) is 0 Å². The number of benzene rings is 1. The van der Waals surface area contributed by atoms with E-state index in [1.54, 1.807) is 12.4 Å². The van der Waals surface area contributed by atoms with Gasteiger partial charge in [0.1, 0.15) is 0 Å². The molecule has 7 heteroatoms. The average molecular weight is 320 g/mol. The van der Waals surface area contributed by atoms with Crippen LogP contribution < -0.4 is 5.32 Å². The number of thiazole rings is 1. The molecule has 1 N–H and O–H groups in total. The average Bonchev–Trinajstić information content (AvgIpc) is 2.87. The highest BCUT2D eigenvalue weighted by Crippen LogP contribution is 2.32. The molecule has 0 bridgehead atoms. The summed E-state index contributed by atoms with van der Waals surface area (Å²) < 4.78 is 4.66. The summed E-state index contributed by atoms with van der Waals surface area (Å²) in [6, 6.07) is 7.77. The minimum absolute atomic E-state index is 0.132. The third-order valence-electron chi connectivity index (χ3n) is 2.88. The third kappa shape index (κ3) is 2.68. The zero-order valence-electron chi connectivity index (χ0n) is 11.0. The van der Waals surface area contributed by atoms with Gasteiger partial charge < -0.3 is 10.1 Å². The number of esters is 1. The fourth-order valence-corrected chi connectivity index (χ4v) is 3.03. The number of hydrogen-bond acceptors (Lipinski definition) is 6. The zero-order valence-corrected chi connectivity index (χ0v) is 12.5. The fraction of sp³-hybridized carbons (Fsp3) is 0.0714. The number of nitrogens with one attached hydrogen (secondary N) is 1.